The lowest BCUT2D eigenvalue weighted by Gasteiger charge is -2.36. The van der Waals surface area contributed by atoms with Crippen molar-refractivity contribution in [1.82, 2.24) is 20.3 Å². The topological polar surface area (TPSA) is 74.0 Å². The molecule has 8 heteroatoms. The number of rotatable bonds is 7. The number of aliphatic imine (C=N–C) groups is 1. The summed E-state index contributed by atoms with van der Waals surface area (Å²) in [4.78, 5) is 9.02. The van der Waals surface area contributed by atoms with Gasteiger partial charge in [-0.25, -0.2) is 0 Å². The van der Waals surface area contributed by atoms with Gasteiger partial charge in [-0.15, -0.1) is 0 Å². The summed E-state index contributed by atoms with van der Waals surface area (Å²) in [5.74, 6) is 2.94. The molecule has 1 aliphatic heterocycles. The predicted octanol–water partition coefficient (Wildman–Crippen LogP) is 1.62. The normalized spacial score (nSPS) is 16.9. The highest BCUT2D eigenvalue weighted by molar-refractivity contribution is 7.84. The minimum absolute atomic E-state index is 0.599. The van der Waals surface area contributed by atoms with E-state index in [0.717, 1.165) is 55.7 Å². The fraction of sp³-hybridized carbons (Fsp3) is 0.500. The Balaban J connectivity index is 1.38. The van der Waals surface area contributed by atoms with Crippen molar-refractivity contribution in [2.24, 2.45) is 4.99 Å². The van der Waals surface area contributed by atoms with Gasteiger partial charge in [0, 0.05) is 74.7 Å². The summed E-state index contributed by atoms with van der Waals surface area (Å²) in [6.07, 6.45) is 0. The maximum atomic E-state index is 12.3. The monoisotopic (exact) mass is 403 g/mol. The third-order valence-corrected chi connectivity index (χ3v) is 6.04. The van der Waals surface area contributed by atoms with E-state index in [9.17, 15) is 4.21 Å². The van der Waals surface area contributed by atoms with Gasteiger partial charge in [-0.2, -0.15) is 0 Å². The molecule has 1 unspecified atom stereocenters. The molecule has 0 saturated carbocycles. The van der Waals surface area contributed by atoms with E-state index >= 15 is 0 Å². The maximum absolute atomic E-state index is 12.3. The minimum Gasteiger partial charge on any atom is -0.361 e. The number of nitrogens with one attached hydrogen (secondary N) is 1. The first-order valence-electron chi connectivity index (χ1n) is 9.63. The maximum Gasteiger partial charge on any atom is 0.193 e. The van der Waals surface area contributed by atoms with Gasteiger partial charge in [0.2, 0.25) is 0 Å². The fourth-order valence-corrected chi connectivity index (χ4v) is 4.32. The molecular formula is C20H29N5O2S. The van der Waals surface area contributed by atoms with E-state index in [0.29, 0.717) is 18.1 Å². The van der Waals surface area contributed by atoms with Crippen molar-refractivity contribution < 1.29 is 8.73 Å². The zero-order chi connectivity index (χ0) is 19.8. The van der Waals surface area contributed by atoms with Crippen LogP contribution in [0.2, 0.25) is 0 Å². The Hall–Kier alpha value is -2.19. The van der Waals surface area contributed by atoms with E-state index in [1.54, 1.807) is 7.05 Å². The van der Waals surface area contributed by atoms with Gasteiger partial charge >= 0.3 is 0 Å². The van der Waals surface area contributed by atoms with Crippen molar-refractivity contribution in [2.75, 3.05) is 45.5 Å². The first-order valence-corrected chi connectivity index (χ1v) is 11.1. The van der Waals surface area contributed by atoms with E-state index in [2.05, 4.69) is 25.3 Å². The number of guanidine groups is 1. The Morgan fingerprint density at radius 3 is 2.64 bits per heavy atom. The number of piperazine rings is 1. The molecule has 0 amide bonds. The molecule has 1 fully saturated rings. The van der Waals surface area contributed by atoms with Gasteiger partial charge in [0.15, 0.2) is 5.96 Å². The summed E-state index contributed by atoms with van der Waals surface area (Å²) in [5, 5.41) is 7.43. The smallest absolute Gasteiger partial charge is 0.193 e. The van der Waals surface area contributed by atoms with Gasteiger partial charge in [-0.3, -0.25) is 14.1 Å². The third kappa shape index (κ3) is 6.17. The lowest BCUT2D eigenvalue weighted by Crippen LogP contribution is -2.52. The molecule has 3 rings (SSSR count). The summed E-state index contributed by atoms with van der Waals surface area (Å²) >= 11 is 0. The zero-order valence-corrected chi connectivity index (χ0v) is 17.5. The van der Waals surface area contributed by atoms with Crippen LogP contribution in [0.5, 0.6) is 0 Å². The molecule has 2 heterocycles. The number of aromatic nitrogens is 1. The Labute approximate surface area is 169 Å². The van der Waals surface area contributed by atoms with Gasteiger partial charge in [0.05, 0.1) is 5.69 Å². The SMILES string of the molecule is CN=C(NCCS(=O)Cc1ccccc1)N1CCN(Cc2cc(C)on2)CC1. The predicted molar refractivity (Wildman–Crippen MR) is 113 cm³/mol. The number of hydrogen-bond acceptors (Lipinski definition) is 5. The molecule has 2 aromatic rings. The highest BCUT2D eigenvalue weighted by Gasteiger charge is 2.20. The summed E-state index contributed by atoms with van der Waals surface area (Å²) < 4.78 is 17.4. The summed E-state index contributed by atoms with van der Waals surface area (Å²) in [6.45, 7) is 7.10. The first-order chi connectivity index (χ1) is 13.6. The number of benzene rings is 1. The molecule has 1 N–H and O–H groups in total. The van der Waals surface area contributed by atoms with Gasteiger partial charge in [0.1, 0.15) is 5.76 Å². The molecule has 1 aliphatic rings. The van der Waals surface area contributed by atoms with E-state index < -0.39 is 10.8 Å². The quantitative estimate of drug-likeness (QED) is 0.559. The van der Waals surface area contributed by atoms with E-state index in [4.69, 9.17) is 4.52 Å². The third-order valence-electron chi connectivity index (χ3n) is 4.73. The first kappa shape index (κ1) is 20.5. The lowest BCUT2D eigenvalue weighted by molar-refractivity contribution is 0.169. The second kappa shape index (κ2) is 10.4. The van der Waals surface area contributed by atoms with Gasteiger partial charge in [-0.05, 0) is 12.5 Å². The lowest BCUT2D eigenvalue weighted by atomic mass is 10.2. The van der Waals surface area contributed by atoms with Gasteiger partial charge in [0.25, 0.3) is 0 Å². The molecule has 0 bridgehead atoms. The van der Waals surface area contributed by atoms with Crippen LogP contribution in [0, 0.1) is 6.92 Å². The molecule has 28 heavy (non-hydrogen) atoms. The highest BCUT2D eigenvalue weighted by Crippen LogP contribution is 2.09. The highest BCUT2D eigenvalue weighted by atomic mass is 32.2. The van der Waals surface area contributed by atoms with Gasteiger partial charge in [-0.1, -0.05) is 35.5 Å². The zero-order valence-electron chi connectivity index (χ0n) is 16.6. The van der Waals surface area contributed by atoms with Crippen molar-refractivity contribution in [3.63, 3.8) is 0 Å². The van der Waals surface area contributed by atoms with Crippen molar-refractivity contribution >= 4 is 16.8 Å². The molecule has 0 radical (unpaired) electrons. The molecule has 1 aromatic heterocycles. The van der Waals surface area contributed by atoms with Crippen molar-refractivity contribution in [1.29, 1.82) is 0 Å². The molecule has 1 aromatic carbocycles. The van der Waals surface area contributed by atoms with Crippen LogP contribution < -0.4 is 5.32 Å². The van der Waals surface area contributed by atoms with Gasteiger partial charge < -0.3 is 14.7 Å². The van der Waals surface area contributed by atoms with Crippen LogP contribution in [-0.4, -0.2) is 70.6 Å². The molecule has 152 valence electrons. The van der Waals surface area contributed by atoms with Crippen LogP contribution in [0.1, 0.15) is 17.0 Å². The Morgan fingerprint density at radius 1 is 1.25 bits per heavy atom. The van der Waals surface area contributed by atoms with Crippen LogP contribution in [0.3, 0.4) is 0 Å². The Bertz CT molecular complexity index is 785. The summed E-state index contributed by atoms with van der Waals surface area (Å²) in [5.41, 5.74) is 2.10. The summed E-state index contributed by atoms with van der Waals surface area (Å²) in [7, 11) is 0.919. The standard InChI is InChI=1S/C20H29N5O2S/c1-17-14-19(23-27-17)15-24-9-11-25(12-10-24)20(21-2)22-8-13-28(26)16-18-6-4-3-5-7-18/h3-7,14H,8-13,15-16H2,1-2H3,(H,21,22). The minimum atomic E-state index is -0.881. The molecule has 7 nitrogen and oxygen atoms in total. The molecular weight excluding hydrogens is 374 g/mol. The van der Waals surface area contributed by atoms with Crippen molar-refractivity contribution in [3.8, 4) is 0 Å². The second-order valence-corrected chi connectivity index (χ2v) is 8.52. The van der Waals surface area contributed by atoms with E-state index in [-0.39, 0.29) is 0 Å². The molecule has 1 atom stereocenters. The van der Waals surface area contributed by atoms with E-state index in [1.807, 2.05) is 43.3 Å². The van der Waals surface area contributed by atoms with E-state index in [1.165, 1.54) is 0 Å². The average Bonchev–Trinajstić information content (AvgIpc) is 3.11. The Kier molecular flexibility index (Phi) is 7.62. The number of aryl methyl sites for hydroxylation is 1. The number of nitrogens with zero attached hydrogens (tertiary/aromatic N) is 4. The molecule has 0 spiro atoms. The van der Waals surface area contributed by atoms with Crippen LogP contribution in [0.4, 0.5) is 0 Å². The fourth-order valence-electron chi connectivity index (χ4n) is 3.28. The number of hydrogen-bond donors (Lipinski definition) is 1. The molecule has 1 saturated heterocycles. The van der Waals surface area contributed by atoms with Crippen molar-refractivity contribution in [2.45, 2.75) is 19.2 Å². The van der Waals surface area contributed by atoms with Crippen molar-refractivity contribution in [3.05, 3.63) is 53.4 Å². The van der Waals surface area contributed by atoms with Crippen LogP contribution in [-0.2, 0) is 23.1 Å². The Morgan fingerprint density at radius 2 is 2.00 bits per heavy atom. The molecule has 0 aliphatic carbocycles. The average molecular weight is 404 g/mol. The second-order valence-electron chi connectivity index (χ2n) is 6.94. The van der Waals surface area contributed by atoms with Crippen LogP contribution >= 0.6 is 0 Å². The van der Waals surface area contributed by atoms with Crippen LogP contribution in [0.15, 0.2) is 45.9 Å². The largest absolute Gasteiger partial charge is 0.361 e. The van der Waals surface area contributed by atoms with Crippen LogP contribution in [0.25, 0.3) is 0 Å². The summed E-state index contributed by atoms with van der Waals surface area (Å²) in [6, 6.07) is 12.0.